The Hall–Kier alpha value is -2.17. The molecule has 11 heteroatoms. The van der Waals surface area contributed by atoms with Gasteiger partial charge in [-0.1, -0.05) is 30.1 Å². The maximum atomic E-state index is 13.2. The average Bonchev–Trinajstić information content (AvgIpc) is 3.31. The predicted octanol–water partition coefficient (Wildman–Crippen LogP) is 6.01. The third-order valence-electron chi connectivity index (χ3n) is 4.67. The Kier molecular flexibility index (Phi) is 6.16. The third kappa shape index (κ3) is 4.88. The zero-order chi connectivity index (χ0) is 21.2. The Balaban J connectivity index is 1.90. The zero-order valence-electron chi connectivity index (χ0n) is 15.0. The van der Waals surface area contributed by atoms with E-state index in [1.165, 1.54) is 22.9 Å². The molecule has 29 heavy (non-hydrogen) atoms. The van der Waals surface area contributed by atoms with Crippen LogP contribution >= 0.6 is 11.8 Å². The number of halogens is 6. The van der Waals surface area contributed by atoms with E-state index < -0.39 is 23.6 Å². The van der Waals surface area contributed by atoms with E-state index >= 15 is 0 Å². The summed E-state index contributed by atoms with van der Waals surface area (Å²) in [6.07, 6.45) is -6.32. The number of aromatic nitrogens is 2. The minimum absolute atomic E-state index is 0.0382. The van der Waals surface area contributed by atoms with Gasteiger partial charge in [0.15, 0.2) is 5.69 Å². The highest BCUT2D eigenvalue weighted by atomic mass is 32.2. The number of nitrogens with zero attached hydrogens (tertiary/aromatic N) is 3. The van der Waals surface area contributed by atoms with Crippen molar-refractivity contribution in [3.63, 3.8) is 0 Å². The zero-order valence-corrected chi connectivity index (χ0v) is 15.8. The number of alkyl halides is 6. The van der Waals surface area contributed by atoms with E-state index in [0.29, 0.717) is 12.8 Å². The van der Waals surface area contributed by atoms with Crippen LogP contribution in [0.3, 0.4) is 0 Å². The molecule has 4 nitrogen and oxygen atoms in total. The topological polar surface area (TPSA) is 50.4 Å². The largest absolute Gasteiger partial charge is 0.435 e. The molecule has 1 aromatic heterocycles. The standard InChI is InChI=1S/C18H17F6N3OS/c19-17(20,21)12-7-3-4-8-15(12)29-10-13(26-28)14-9-16(18(22,23)24)25-27(14)11-5-1-2-6-11/h3-4,7-9,11,28H,1-2,5-6,10H2/b26-13+. The van der Waals surface area contributed by atoms with Gasteiger partial charge in [0, 0.05) is 10.6 Å². The van der Waals surface area contributed by atoms with Crippen LogP contribution in [0.4, 0.5) is 26.3 Å². The van der Waals surface area contributed by atoms with Crippen LogP contribution in [0.25, 0.3) is 0 Å². The summed E-state index contributed by atoms with van der Waals surface area (Å²) >= 11 is 0.736. The maximum Gasteiger partial charge on any atom is 0.435 e. The second-order valence-corrected chi connectivity index (χ2v) is 7.64. The van der Waals surface area contributed by atoms with Crippen molar-refractivity contribution in [2.75, 3.05) is 5.75 Å². The molecule has 1 aliphatic carbocycles. The van der Waals surface area contributed by atoms with Crippen molar-refractivity contribution in [3.8, 4) is 0 Å². The van der Waals surface area contributed by atoms with Gasteiger partial charge >= 0.3 is 12.4 Å². The Labute approximate surface area is 166 Å². The molecule has 0 amide bonds. The molecule has 0 bridgehead atoms. The summed E-state index contributed by atoms with van der Waals surface area (Å²) in [7, 11) is 0. The predicted molar refractivity (Wildman–Crippen MR) is 95.2 cm³/mol. The Bertz CT molecular complexity index is 884. The fraction of sp³-hybridized carbons (Fsp3) is 0.444. The lowest BCUT2D eigenvalue weighted by Crippen LogP contribution is -2.17. The Morgan fingerprint density at radius 1 is 1.10 bits per heavy atom. The van der Waals surface area contributed by atoms with Gasteiger partial charge < -0.3 is 5.21 Å². The van der Waals surface area contributed by atoms with Crippen molar-refractivity contribution in [2.24, 2.45) is 5.16 Å². The summed E-state index contributed by atoms with van der Waals surface area (Å²) in [6.45, 7) is 0. The lowest BCUT2D eigenvalue weighted by molar-refractivity contribution is -0.141. The van der Waals surface area contributed by atoms with Crippen LogP contribution in [-0.4, -0.2) is 26.5 Å². The van der Waals surface area contributed by atoms with Gasteiger partial charge in [-0.05, 0) is 31.0 Å². The molecule has 1 aromatic carbocycles. The first-order chi connectivity index (χ1) is 13.6. The lowest BCUT2D eigenvalue weighted by Gasteiger charge is -2.15. The molecule has 0 atom stereocenters. The molecule has 1 heterocycles. The first-order valence-electron chi connectivity index (χ1n) is 8.78. The summed E-state index contributed by atoms with van der Waals surface area (Å²) < 4.78 is 80.1. The van der Waals surface area contributed by atoms with Crippen LogP contribution in [-0.2, 0) is 12.4 Å². The molecule has 1 fully saturated rings. The Morgan fingerprint density at radius 2 is 1.76 bits per heavy atom. The van der Waals surface area contributed by atoms with Crippen molar-refractivity contribution >= 4 is 17.5 Å². The van der Waals surface area contributed by atoms with Crippen LogP contribution in [0, 0.1) is 0 Å². The van der Waals surface area contributed by atoms with E-state index in [1.807, 2.05) is 0 Å². The van der Waals surface area contributed by atoms with Gasteiger partial charge in [0.25, 0.3) is 0 Å². The molecule has 158 valence electrons. The molecule has 0 unspecified atom stereocenters. The van der Waals surface area contributed by atoms with E-state index in [4.69, 9.17) is 0 Å². The molecule has 1 saturated carbocycles. The first kappa shape index (κ1) is 21.5. The number of benzene rings is 1. The minimum atomic E-state index is -4.69. The molecule has 0 spiro atoms. The quantitative estimate of drug-likeness (QED) is 0.205. The second-order valence-electron chi connectivity index (χ2n) is 6.62. The van der Waals surface area contributed by atoms with Gasteiger partial charge in [-0.3, -0.25) is 4.68 Å². The monoisotopic (exact) mass is 437 g/mol. The number of hydrogen-bond donors (Lipinski definition) is 1. The highest BCUT2D eigenvalue weighted by Crippen LogP contribution is 2.38. The lowest BCUT2D eigenvalue weighted by atomic mass is 10.2. The first-order valence-corrected chi connectivity index (χ1v) is 9.77. The van der Waals surface area contributed by atoms with Gasteiger partial charge in [0.1, 0.15) is 5.71 Å². The maximum absolute atomic E-state index is 13.2. The van der Waals surface area contributed by atoms with Crippen molar-refractivity contribution in [1.29, 1.82) is 0 Å². The molecule has 1 N–H and O–H groups in total. The summed E-state index contributed by atoms with van der Waals surface area (Å²) in [5, 5.41) is 16.1. The number of thioether (sulfide) groups is 1. The van der Waals surface area contributed by atoms with E-state index in [1.54, 1.807) is 0 Å². The SMILES string of the molecule is O/N=C(\CSc1ccccc1C(F)(F)F)c1cc(C(F)(F)F)nn1C1CCCC1. The molecule has 2 aromatic rings. The van der Waals surface area contributed by atoms with Gasteiger partial charge in [-0.25, -0.2) is 0 Å². The molecule has 0 radical (unpaired) electrons. The average molecular weight is 437 g/mol. The van der Waals surface area contributed by atoms with E-state index in [9.17, 15) is 31.5 Å². The highest BCUT2D eigenvalue weighted by Gasteiger charge is 2.37. The third-order valence-corrected chi connectivity index (χ3v) is 5.75. The molecule has 0 saturated heterocycles. The molecular weight excluding hydrogens is 420 g/mol. The van der Waals surface area contributed by atoms with Crippen LogP contribution in [0.15, 0.2) is 40.4 Å². The fourth-order valence-electron chi connectivity index (χ4n) is 3.30. The van der Waals surface area contributed by atoms with Gasteiger partial charge in [0.2, 0.25) is 0 Å². The fourth-order valence-corrected chi connectivity index (χ4v) is 4.31. The molecular formula is C18H17F6N3OS. The Morgan fingerprint density at radius 3 is 2.34 bits per heavy atom. The molecule has 1 aliphatic rings. The van der Waals surface area contributed by atoms with Gasteiger partial charge in [-0.15, -0.1) is 11.8 Å². The van der Waals surface area contributed by atoms with Crippen molar-refractivity contribution in [3.05, 3.63) is 47.3 Å². The normalized spacial score (nSPS) is 16.6. The summed E-state index contributed by atoms with van der Waals surface area (Å²) in [5.41, 5.74) is -2.19. The summed E-state index contributed by atoms with van der Waals surface area (Å²) in [6, 6.07) is 5.37. The van der Waals surface area contributed by atoms with E-state index in [0.717, 1.165) is 36.7 Å². The van der Waals surface area contributed by atoms with Crippen LogP contribution in [0.5, 0.6) is 0 Å². The molecule has 0 aliphatic heterocycles. The molecule has 3 rings (SSSR count). The number of rotatable bonds is 5. The van der Waals surface area contributed by atoms with E-state index in [-0.39, 0.29) is 28.1 Å². The smallest absolute Gasteiger partial charge is 0.411 e. The van der Waals surface area contributed by atoms with Crippen LogP contribution in [0.2, 0.25) is 0 Å². The van der Waals surface area contributed by atoms with Crippen LogP contribution in [0.1, 0.15) is 48.7 Å². The van der Waals surface area contributed by atoms with Crippen molar-refractivity contribution in [1.82, 2.24) is 9.78 Å². The van der Waals surface area contributed by atoms with Gasteiger partial charge in [0.05, 0.1) is 17.3 Å². The van der Waals surface area contributed by atoms with Gasteiger partial charge in [-0.2, -0.15) is 31.4 Å². The van der Waals surface area contributed by atoms with Crippen molar-refractivity contribution in [2.45, 2.75) is 49.0 Å². The van der Waals surface area contributed by atoms with Crippen molar-refractivity contribution < 1.29 is 31.5 Å². The number of oxime groups is 1. The highest BCUT2D eigenvalue weighted by molar-refractivity contribution is 8.00. The van der Waals surface area contributed by atoms with E-state index in [2.05, 4.69) is 10.3 Å². The second kappa shape index (κ2) is 8.29. The number of hydrogen-bond acceptors (Lipinski definition) is 4. The summed E-state index contributed by atoms with van der Waals surface area (Å²) in [5.74, 6) is -0.251. The van der Waals surface area contributed by atoms with Crippen LogP contribution < -0.4 is 0 Å². The summed E-state index contributed by atoms with van der Waals surface area (Å²) in [4.78, 5) is -0.107. The minimum Gasteiger partial charge on any atom is -0.411 e.